The van der Waals surface area contributed by atoms with Crippen LogP contribution in [-0.4, -0.2) is 22.3 Å². The quantitative estimate of drug-likeness (QED) is 0.558. The Morgan fingerprint density at radius 3 is 2.84 bits per heavy atom. The first-order valence-corrected chi connectivity index (χ1v) is 7.41. The summed E-state index contributed by atoms with van der Waals surface area (Å²) < 4.78 is 27.2. The number of carbonyl (C=O) groups is 1. The fraction of sp³-hybridized carbons (Fsp3) is 0.294. The molecule has 1 amide bonds. The smallest absolute Gasteiger partial charge is 0.254 e. The van der Waals surface area contributed by atoms with Crippen molar-refractivity contribution in [3.63, 3.8) is 0 Å². The summed E-state index contributed by atoms with van der Waals surface area (Å²) in [7, 11) is 0. The predicted octanol–water partition coefficient (Wildman–Crippen LogP) is 3.30. The molecule has 0 saturated carbocycles. The minimum Gasteiger partial charge on any atom is -0.365 e. The van der Waals surface area contributed by atoms with Crippen LogP contribution in [0.1, 0.15) is 41.4 Å². The number of hydrogen-bond donors (Lipinski definition) is 1. The molecular weight excluding hydrogens is 573 g/mol. The van der Waals surface area contributed by atoms with Crippen LogP contribution in [0.2, 0.25) is 0 Å². The third-order valence-electron chi connectivity index (χ3n) is 4.02. The molecule has 0 fully saturated rings. The van der Waals surface area contributed by atoms with Crippen molar-refractivity contribution in [1.29, 1.82) is 0 Å². The molecule has 0 bridgehead atoms. The Hall–Kier alpha value is -0.708. The number of fused-ring (bicyclic) bond motifs is 1. The monoisotopic (exact) mass is 589 g/mol. The van der Waals surface area contributed by atoms with Crippen molar-refractivity contribution in [2.75, 3.05) is 11.9 Å². The van der Waals surface area contributed by atoms with Gasteiger partial charge in [0.1, 0.15) is 5.82 Å². The molecule has 1 N–H and O–H groups in total. The van der Waals surface area contributed by atoms with E-state index in [2.05, 4.69) is 16.4 Å². The van der Waals surface area contributed by atoms with Crippen molar-refractivity contribution in [3.05, 3.63) is 58.8 Å². The maximum absolute atomic E-state index is 13.9. The van der Waals surface area contributed by atoms with Crippen LogP contribution >= 0.6 is 0 Å². The molecule has 129 valence electrons. The Morgan fingerprint density at radius 2 is 2.16 bits per heavy atom. The fourth-order valence-corrected chi connectivity index (χ4v) is 2.74. The first-order valence-electron chi connectivity index (χ1n) is 7.41. The van der Waals surface area contributed by atoms with Gasteiger partial charge in [-0.2, -0.15) is 0 Å². The Balaban J connectivity index is 0.00000156. The van der Waals surface area contributed by atoms with E-state index in [0.717, 1.165) is 17.7 Å². The van der Waals surface area contributed by atoms with Crippen molar-refractivity contribution in [1.82, 2.24) is 9.88 Å². The van der Waals surface area contributed by atoms with E-state index >= 15 is 0 Å². The van der Waals surface area contributed by atoms with Gasteiger partial charge in [-0.3, -0.25) is 9.18 Å². The van der Waals surface area contributed by atoms with Gasteiger partial charge in [0, 0.05) is 95.3 Å². The number of pyridine rings is 1. The van der Waals surface area contributed by atoms with E-state index in [4.69, 9.17) is 0 Å². The molecule has 1 atom stereocenters. The molecule has 1 unspecified atom stereocenters. The van der Waals surface area contributed by atoms with Gasteiger partial charge in [-0.1, -0.05) is 5.56 Å². The van der Waals surface area contributed by atoms with E-state index in [9.17, 15) is 13.6 Å². The van der Waals surface area contributed by atoms with Gasteiger partial charge in [0.05, 0.1) is 6.54 Å². The van der Waals surface area contributed by atoms with Crippen molar-refractivity contribution < 1.29 is 67.3 Å². The molecule has 8 heteroatoms. The summed E-state index contributed by atoms with van der Waals surface area (Å²) in [6, 6.07) is 5.46. The van der Waals surface area contributed by atoms with E-state index in [1.807, 2.05) is 6.92 Å². The number of anilines is 1. The number of benzene rings is 1. The Labute approximate surface area is 184 Å². The van der Waals surface area contributed by atoms with Crippen LogP contribution in [0.15, 0.2) is 24.4 Å². The summed E-state index contributed by atoms with van der Waals surface area (Å²) in [6.45, 7) is 4.70. The molecule has 3 rings (SSSR count). The van der Waals surface area contributed by atoms with E-state index in [1.165, 1.54) is 0 Å². The predicted molar refractivity (Wildman–Crippen MR) is 81.9 cm³/mol. The standard InChI is InChI=1S/C17H16F2N3O.W.Y/c1-3-22-9-14-12(17(22)23)6-7-20-16(14)21-10(2)13-8-11(18)4-5-15(13)19;;/h5-8,10H,3,9H2,1-2H3,(H,20,21);;/q-1;;. The summed E-state index contributed by atoms with van der Waals surface area (Å²) in [5, 5.41) is 3.08. The molecule has 2 aromatic rings. The maximum Gasteiger partial charge on any atom is 0.254 e. The van der Waals surface area contributed by atoms with Crippen LogP contribution in [0.3, 0.4) is 0 Å². The number of halogens is 2. The number of carbonyl (C=O) groups excluding carboxylic acids is 1. The van der Waals surface area contributed by atoms with Crippen LogP contribution in [0.4, 0.5) is 14.6 Å². The summed E-state index contributed by atoms with van der Waals surface area (Å²) in [4.78, 5) is 18.2. The van der Waals surface area contributed by atoms with Crippen LogP contribution in [0, 0.1) is 17.7 Å². The number of rotatable bonds is 4. The van der Waals surface area contributed by atoms with E-state index in [0.29, 0.717) is 24.5 Å². The Kier molecular flexibility index (Phi) is 8.30. The van der Waals surface area contributed by atoms with Gasteiger partial charge in [0.25, 0.3) is 5.91 Å². The molecule has 1 aromatic carbocycles. The fourth-order valence-electron chi connectivity index (χ4n) is 2.74. The van der Waals surface area contributed by atoms with Gasteiger partial charge < -0.3 is 10.2 Å². The van der Waals surface area contributed by atoms with Gasteiger partial charge >= 0.3 is 0 Å². The molecule has 0 aliphatic carbocycles. The summed E-state index contributed by atoms with van der Waals surface area (Å²) in [5.41, 5.74) is 1.58. The molecule has 1 radical (unpaired) electrons. The average Bonchev–Trinajstić information content (AvgIpc) is 2.87. The SMILES string of the molecule is CCN1Cc2c(ccnc2NC(C)c2cc(F)[c-]cc2F)C1=O.[W].[Y]. The largest absolute Gasteiger partial charge is 0.365 e. The molecule has 1 aliphatic heterocycles. The van der Waals surface area contributed by atoms with Crippen molar-refractivity contribution in [2.24, 2.45) is 0 Å². The van der Waals surface area contributed by atoms with E-state index in [-0.39, 0.29) is 65.2 Å². The van der Waals surface area contributed by atoms with Gasteiger partial charge in [0.15, 0.2) is 0 Å². The molecule has 1 aliphatic rings. The second-order valence-electron chi connectivity index (χ2n) is 5.46. The second-order valence-corrected chi connectivity index (χ2v) is 5.46. The maximum atomic E-state index is 13.9. The normalized spacial score (nSPS) is 13.6. The average molecular weight is 589 g/mol. The number of nitrogens with zero attached hydrogens (tertiary/aromatic N) is 2. The molecule has 1 aromatic heterocycles. The molecule has 4 nitrogen and oxygen atoms in total. The molecule has 2 heterocycles. The number of aromatic nitrogens is 1. The number of amides is 1. The summed E-state index contributed by atoms with van der Waals surface area (Å²) in [5.74, 6) is -0.669. The zero-order valence-corrected chi connectivity index (χ0v) is 19.6. The summed E-state index contributed by atoms with van der Waals surface area (Å²) in [6.07, 6.45) is 1.54. The van der Waals surface area contributed by atoms with E-state index < -0.39 is 17.7 Å². The summed E-state index contributed by atoms with van der Waals surface area (Å²) >= 11 is 0. The van der Waals surface area contributed by atoms with Gasteiger partial charge in [0.2, 0.25) is 0 Å². The van der Waals surface area contributed by atoms with Crippen molar-refractivity contribution in [2.45, 2.75) is 26.4 Å². The number of hydrogen-bond acceptors (Lipinski definition) is 3. The van der Waals surface area contributed by atoms with Gasteiger partial charge in [-0.25, -0.2) is 9.37 Å². The molecule has 0 spiro atoms. The number of nitrogens with one attached hydrogen (secondary N) is 1. The molecule has 0 saturated heterocycles. The third kappa shape index (κ3) is 4.53. The van der Waals surface area contributed by atoms with Crippen molar-refractivity contribution in [3.8, 4) is 0 Å². The van der Waals surface area contributed by atoms with Gasteiger partial charge in [-0.05, 0) is 19.9 Å². The Bertz CT molecular complexity index is 776. The zero-order chi connectivity index (χ0) is 16.6. The van der Waals surface area contributed by atoms with Gasteiger partial charge in [-0.15, -0.1) is 18.2 Å². The minimum atomic E-state index is -0.617. The molecule has 25 heavy (non-hydrogen) atoms. The first-order chi connectivity index (χ1) is 11.0. The van der Waals surface area contributed by atoms with Crippen molar-refractivity contribution >= 4 is 11.7 Å². The molecular formula is C17H16F2N3OWY-. The third-order valence-corrected chi connectivity index (χ3v) is 4.02. The van der Waals surface area contributed by atoms with E-state index in [1.54, 1.807) is 24.1 Å². The van der Waals surface area contributed by atoms with Crippen LogP contribution in [0.25, 0.3) is 0 Å². The second kappa shape index (κ2) is 9.29. The minimum absolute atomic E-state index is 0. The first kappa shape index (κ1) is 22.3. The van der Waals surface area contributed by atoms with Crippen LogP contribution < -0.4 is 5.32 Å². The van der Waals surface area contributed by atoms with Crippen LogP contribution in [0.5, 0.6) is 0 Å². The van der Waals surface area contributed by atoms with Crippen LogP contribution in [-0.2, 0) is 60.3 Å². The zero-order valence-electron chi connectivity index (χ0n) is 13.8. The Morgan fingerprint density at radius 1 is 1.44 bits per heavy atom. The topological polar surface area (TPSA) is 45.2 Å².